The smallest absolute Gasteiger partial charge is 0.316 e. The monoisotopic (exact) mass is 261 g/mol. The Bertz CT molecular complexity index is 572. The van der Waals surface area contributed by atoms with Crippen molar-refractivity contribution in [2.75, 3.05) is 7.11 Å². The van der Waals surface area contributed by atoms with Gasteiger partial charge >= 0.3 is 6.01 Å². The molecule has 0 aliphatic rings. The quantitative estimate of drug-likeness (QED) is 0.907. The maximum Gasteiger partial charge on any atom is 0.316 e. The molecule has 0 unspecified atom stereocenters. The molecule has 5 nitrogen and oxygen atoms in total. The van der Waals surface area contributed by atoms with Crippen LogP contribution in [0.3, 0.4) is 0 Å². The number of methoxy groups -OCH3 is 1. The van der Waals surface area contributed by atoms with E-state index in [1.807, 2.05) is 0 Å². The van der Waals surface area contributed by atoms with Crippen molar-refractivity contribution in [2.45, 2.75) is 6.54 Å². The van der Waals surface area contributed by atoms with Crippen molar-refractivity contribution < 1.29 is 13.9 Å². The molecule has 1 N–H and O–H groups in total. The zero-order chi connectivity index (χ0) is 13.7. The number of aromatic nitrogens is 2. The van der Waals surface area contributed by atoms with Crippen molar-refractivity contribution in [1.29, 1.82) is 0 Å². The lowest BCUT2D eigenvalue weighted by atomic mass is 10.2. The Morgan fingerprint density at radius 2 is 2.00 bits per heavy atom. The average molecular weight is 261 g/mol. The molecule has 2 aromatic rings. The molecule has 19 heavy (non-hydrogen) atoms. The van der Waals surface area contributed by atoms with Gasteiger partial charge in [-0.1, -0.05) is 18.2 Å². The van der Waals surface area contributed by atoms with E-state index >= 15 is 0 Å². The molecule has 0 aliphatic carbocycles. The summed E-state index contributed by atoms with van der Waals surface area (Å²) in [5.41, 5.74) is 0.711. The molecule has 0 bridgehead atoms. The largest absolute Gasteiger partial charge is 0.467 e. The van der Waals surface area contributed by atoms with E-state index in [1.54, 1.807) is 18.2 Å². The van der Waals surface area contributed by atoms with Gasteiger partial charge in [0.1, 0.15) is 5.82 Å². The van der Waals surface area contributed by atoms with Gasteiger partial charge in [-0.3, -0.25) is 4.79 Å². The maximum absolute atomic E-state index is 13.3. The standard InChI is InChI=1S/C13H12FN3O2/c1-19-13-16-7-10(8-17-13)12(18)15-6-9-4-2-3-5-11(9)14/h2-5,7-8H,6H2,1H3,(H,15,18). The SMILES string of the molecule is COc1ncc(C(=O)NCc2ccccc2F)cn1. The van der Waals surface area contributed by atoms with Crippen LogP contribution in [0.2, 0.25) is 0 Å². The molecule has 0 saturated heterocycles. The number of hydrogen-bond donors (Lipinski definition) is 1. The van der Waals surface area contributed by atoms with Crippen molar-refractivity contribution >= 4 is 5.91 Å². The molecular formula is C13H12FN3O2. The molecule has 0 radical (unpaired) electrons. The van der Waals surface area contributed by atoms with Gasteiger partial charge in [-0.25, -0.2) is 14.4 Å². The van der Waals surface area contributed by atoms with Gasteiger partial charge in [0, 0.05) is 24.5 Å². The third kappa shape index (κ3) is 3.25. The van der Waals surface area contributed by atoms with E-state index in [-0.39, 0.29) is 29.8 Å². The molecule has 98 valence electrons. The lowest BCUT2D eigenvalue weighted by molar-refractivity contribution is 0.0949. The van der Waals surface area contributed by atoms with Gasteiger partial charge in [0.2, 0.25) is 0 Å². The summed E-state index contributed by atoms with van der Waals surface area (Å²) in [6.45, 7) is 0.109. The summed E-state index contributed by atoms with van der Waals surface area (Å²) in [6.07, 6.45) is 2.70. The van der Waals surface area contributed by atoms with Gasteiger partial charge in [-0.2, -0.15) is 0 Å². The third-order valence-corrected chi connectivity index (χ3v) is 2.47. The molecule has 1 heterocycles. The Hall–Kier alpha value is -2.50. The fourth-order valence-electron chi connectivity index (χ4n) is 1.46. The fraction of sp³-hybridized carbons (Fsp3) is 0.154. The number of carbonyl (C=O) groups excluding carboxylic acids is 1. The first-order chi connectivity index (χ1) is 9.20. The molecule has 0 aliphatic heterocycles. The first-order valence-corrected chi connectivity index (χ1v) is 5.58. The zero-order valence-corrected chi connectivity index (χ0v) is 10.3. The van der Waals surface area contributed by atoms with Crippen molar-refractivity contribution in [2.24, 2.45) is 0 Å². The van der Waals surface area contributed by atoms with E-state index in [0.717, 1.165) is 0 Å². The first-order valence-electron chi connectivity index (χ1n) is 5.58. The highest BCUT2D eigenvalue weighted by Gasteiger charge is 2.08. The van der Waals surface area contributed by atoms with Crippen LogP contribution in [0.25, 0.3) is 0 Å². The second kappa shape index (κ2) is 5.90. The van der Waals surface area contributed by atoms with Crippen LogP contribution in [0.5, 0.6) is 6.01 Å². The topological polar surface area (TPSA) is 64.1 Å². The number of hydrogen-bond acceptors (Lipinski definition) is 4. The van der Waals surface area contributed by atoms with Gasteiger partial charge in [0.25, 0.3) is 5.91 Å². The predicted molar refractivity (Wildman–Crippen MR) is 66.2 cm³/mol. The number of carbonyl (C=O) groups is 1. The second-order valence-corrected chi connectivity index (χ2v) is 3.73. The highest BCUT2D eigenvalue weighted by atomic mass is 19.1. The van der Waals surface area contributed by atoms with Crippen LogP contribution in [0.15, 0.2) is 36.7 Å². The summed E-state index contributed by atoms with van der Waals surface area (Å²) in [6, 6.07) is 6.45. The van der Waals surface area contributed by atoms with Crippen molar-refractivity contribution in [3.05, 3.63) is 53.6 Å². The Balaban J connectivity index is 1.99. The van der Waals surface area contributed by atoms with E-state index in [0.29, 0.717) is 5.56 Å². The van der Waals surface area contributed by atoms with Crippen LogP contribution in [0.1, 0.15) is 15.9 Å². The zero-order valence-electron chi connectivity index (χ0n) is 10.3. The summed E-state index contributed by atoms with van der Waals surface area (Å²) in [5, 5.41) is 2.59. The van der Waals surface area contributed by atoms with Crippen molar-refractivity contribution in [1.82, 2.24) is 15.3 Å². The lowest BCUT2D eigenvalue weighted by Gasteiger charge is -2.06. The summed E-state index contributed by atoms with van der Waals surface area (Å²) in [4.78, 5) is 19.4. The van der Waals surface area contributed by atoms with Crippen molar-refractivity contribution in [3.63, 3.8) is 0 Å². The Morgan fingerprint density at radius 1 is 1.32 bits per heavy atom. The van der Waals surface area contributed by atoms with Crippen LogP contribution in [0.4, 0.5) is 4.39 Å². The molecule has 0 atom stereocenters. The van der Waals surface area contributed by atoms with Gasteiger partial charge in [0.15, 0.2) is 0 Å². The number of halogens is 1. The number of nitrogens with zero attached hydrogens (tertiary/aromatic N) is 2. The van der Waals surface area contributed by atoms with Gasteiger partial charge in [-0.05, 0) is 6.07 Å². The predicted octanol–water partition coefficient (Wildman–Crippen LogP) is 1.55. The number of nitrogens with one attached hydrogen (secondary N) is 1. The minimum Gasteiger partial charge on any atom is -0.467 e. The summed E-state index contributed by atoms with van der Waals surface area (Å²) >= 11 is 0. The highest BCUT2D eigenvalue weighted by Crippen LogP contribution is 2.06. The summed E-state index contributed by atoms with van der Waals surface area (Å²) in [7, 11) is 1.44. The molecule has 2 rings (SSSR count). The van der Waals surface area contributed by atoms with Gasteiger partial charge in [0.05, 0.1) is 12.7 Å². The van der Waals surface area contributed by atoms with E-state index in [9.17, 15) is 9.18 Å². The second-order valence-electron chi connectivity index (χ2n) is 3.73. The Labute approximate surface area is 109 Å². The van der Waals surface area contributed by atoms with Crippen LogP contribution in [-0.4, -0.2) is 23.0 Å². The minimum absolute atomic E-state index is 0.109. The van der Waals surface area contributed by atoms with Crippen LogP contribution in [0, 0.1) is 5.82 Å². The molecule has 0 spiro atoms. The number of amides is 1. The Morgan fingerprint density at radius 3 is 2.63 bits per heavy atom. The van der Waals surface area contributed by atoms with Gasteiger partial charge in [-0.15, -0.1) is 0 Å². The highest BCUT2D eigenvalue weighted by molar-refractivity contribution is 5.93. The number of benzene rings is 1. The first kappa shape index (κ1) is 12.9. The summed E-state index contributed by atoms with van der Waals surface area (Å²) < 4.78 is 18.1. The Kier molecular flexibility index (Phi) is 4.02. The average Bonchev–Trinajstić information content (AvgIpc) is 2.46. The van der Waals surface area contributed by atoms with E-state index in [1.165, 1.54) is 25.6 Å². The fourth-order valence-corrected chi connectivity index (χ4v) is 1.46. The van der Waals surface area contributed by atoms with E-state index < -0.39 is 0 Å². The maximum atomic E-state index is 13.3. The third-order valence-electron chi connectivity index (χ3n) is 2.47. The number of rotatable bonds is 4. The minimum atomic E-state index is -0.370. The van der Waals surface area contributed by atoms with Crippen LogP contribution >= 0.6 is 0 Å². The van der Waals surface area contributed by atoms with Crippen LogP contribution < -0.4 is 10.1 Å². The molecule has 0 saturated carbocycles. The molecule has 6 heteroatoms. The molecule has 1 aromatic carbocycles. The molecule has 0 fully saturated rings. The lowest BCUT2D eigenvalue weighted by Crippen LogP contribution is -2.23. The van der Waals surface area contributed by atoms with Crippen molar-refractivity contribution in [3.8, 4) is 6.01 Å². The molecular weight excluding hydrogens is 249 g/mol. The summed E-state index contributed by atoms with van der Waals surface area (Å²) in [5.74, 6) is -0.723. The molecule has 1 amide bonds. The normalized spacial score (nSPS) is 10.0. The van der Waals surface area contributed by atoms with Gasteiger partial charge < -0.3 is 10.1 Å². The van der Waals surface area contributed by atoms with E-state index in [4.69, 9.17) is 4.74 Å². The van der Waals surface area contributed by atoms with Crippen LogP contribution in [-0.2, 0) is 6.54 Å². The molecule has 1 aromatic heterocycles. The number of ether oxygens (including phenoxy) is 1. The van der Waals surface area contributed by atoms with E-state index in [2.05, 4.69) is 15.3 Å².